The zero-order chi connectivity index (χ0) is 37.0. The van der Waals surface area contributed by atoms with Crippen molar-refractivity contribution in [1.29, 1.82) is 0 Å². The Bertz CT molecular complexity index is 2810. The molecule has 0 fully saturated rings. The highest BCUT2D eigenvalue weighted by molar-refractivity contribution is 6.14. The maximum Gasteiger partial charge on any atom is 0.167 e. The Morgan fingerprint density at radius 3 is 1.45 bits per heavy atom. The Morgan fingerprint density at radius 2 is 0.873 bits per heavy atom. The Labute approximate surface area is 317 Å². The molecule has 260 valence electrons. The highest BCUT2D eigenvalue weighted by Crippen LogP contribution is 2.42. The van der Waals surface area contributed by atoms with Crippen LogP contribution >= 0.6 is 0 Å². The lowest BCUT2D eigenvalue weighted by Gasteiger charge is -2.11. The molecule has 0 N–H and O–H groups in total. The molecule has 55 heavy (non-hydrogen) atoms. The molecule has 0 saturated heterocycles. The van der Waals surface area contributed by atoms with Crippen molar-refractivity contribution < 1.29 is 4.42 Å². The molecule has 7 nitrogen and oxygen atoms in total. The van der Waals surface area contributed by atoms with E-state index >= 15 is 0 Å². The number of aromatic nitrogens is 6. The second-order valence-electron chi connectivity index (χ2n) is 12.8. The zero-order valence-corrected chi connectivity index (χ0v) is 29.6. The molecule has 0 spiro atoms. The van der Waals surface area contributed by atoms with Crippen LogP contribution in [-0.2, 0) is 0 Å². The van der Waals surface area contributed by atoms with Crippen molar-refractivity contribution in [1.82, 2.24) is 29.9 Å². The van der Waals surface area contributed by atoms with Crippen LogP contribution in [0.2, 0.25) is 0 Å². The quantitative estimate of drug-likeness (QED) is 0.138. The largest absolute Gasteiger partial charge is 0.455 e. The number of benzene rings is 6. The van der Waals surface area contributed by atoms with E-state index in [0.29, 0.717) is 46.1 Å². The monoisotopic (exact) mass is 708 g/mol. The van der Waals surface area contributed by atoms with Gasteiger partial charge in [0.05, 0.1) is 5.56 Å². The van der Waals surface area contributed by atoms with Gasteiger partial charge in [-0.25, -0.2) is 29.9 Å². The van der Waals surface area contributed by atoms with E-state index in [2.05, 4.69) is 43.0 Å². The van der Waals surface area contributed by atoms with Crippen LogP contribution in [0.4, 0.5) is 0 Å². The van der Waals surface area contributed by atoms with Gasteiger partial charge >= 0.3 is 0 Å². The molecule has 0 atom stereocenters. The number of para-hydroxylation sites is 1. The summed E-state index contributed by atoms with van der Waals surface area (Å²) in [5.41, 5.74) is 7.53. The summed E-state index contributed by atoms with van der Waals surface area (Å²) in [5.74, 6) is 3.14. The van der Waals surface area contributed by atoms with E-state index in [1.807, 2.05) is 140 Å². The third-order valence-electron chi connectivity index (χ3n) is 9.17. The van der Waals surface area contributed by atoms with Crippen molar-refractivity contribution in [3.63, 3.8) is 0 Å². The van der Waals surface area contributed by atoms with Gasteiger partial charge in [0.2, 0.25) is 0 Å². The van der Waals surface area contributed by atoms with Gasteiger partial charge in [-0.3, -0.25) is 0 Å². The van der Waals surface area contributed by atoms with Gasteiger partial charge in [0.15, 0.2) is 34.9 Å². The predicted molar refractivity (Wildman–Crippen MR) is 221 cm³/mol. The van der Waals surface area contributed by atoms with Gasteiger partial charge < -0.3 is 4.42 Å². The Kier molecular flexibility index (Phi) is 8.92. The first-order valence-corrected chi connectivity index (χ1v) is 17.9. The van der Waals surface area contributed by atoms with E-state index in [0.717, 1.165) is 49.7 Å². The normalized spacial score (nSPS) is 11.6. The molecule has 0 aliphatic carbocycles. The van der Waals surface area contributed by atoms with Crippen molar-refractivity contribution in [2.45, 2.75) is 0 Å². The van der Waals surface area contributed by atoms with Crippen molar-refractivity contribution in [3.8, 4) is 68.1 Å². The molecule has 0 unspecified atom stereocenters. The summed E-state index contributed by atoms with van der Waals surface area (Å²) in [5, 5.41) is 1.84. The Balaban J connectivity index is 1.34. The first-order valence-electron chi connectivity index (χ1n) is 17.9. The minimum Gasteiger partial charge on any atom is -0.455 e. The van der Waals surface area contributed by atoms with E-state index < -0.39 is 0 Å². The summed E-state index contributed by atoms with van der Waals surface area (Å²) in [6.45, 7) is 3.78. The average Bonchev–Trinajstić information content (AvgIpc) is 3.65. The highest BCUT2D eigenvalue weighted by atomic mass is 16.3. The van der Waals surface area contributed by atoms with Gasteiger partial charge in [0, 0.05) is 38.6 Å². The van der Waals surface area contributed by atoms with Crippen molar-refractivity contribution >= 4 is 28.0 Å². The maximum absolute atomic E-state index is 6.91. The van der Waals surface area contributed by atoms with Crippen LogP contribution in [0.3, 0.4) is 0 Å². The standard InChI is InChI=1S/C48H32N6O/c1-2-3-4-17-29-41-49-44(33-21-11-6-12-22-33)54-48(50-41)40-31-36(30-39-38-28-18-27-37(42(38)55-43(39)40)32-19-9-5-10-20-32)47-52-45(34-23-13-7-14-24-34)51-46(53-47)35-25-15-8-16-26-35/h2-31H,1H2/b4-3-,29-17+. The zero-order valence-electron chi connectivity index (χ0n) is 29.6. The molecule has 7 heteroatoms. The SMILES string of the molecule is C=C/C=C\C=C\c1nc(-c2ccccc2)nc(-c2cc(-c3nc(-c4ccccc4)nc(-c4ccccc4)n3)cc3c2oc2c(-c4ccccc4)cccc23)n1. The molecule has 3 aromatic heterocycles. The van der Waals surface area contributed by atoms with E-state index in [-0.39, 0.29) is 0 Å². The third kappa shape index (κ3) is 6.74. The molecule has 6 aromatic carbocycles. The minimum atomic E-state index is 0.453. The molecular formula is C48H32N6O. The smallest absolute Gasteiger partial charge is 0.167 e. The lowest BCUT2D eigenvalue weighted by Crippen LogP contribution is -2.02. The number of allylic oxidation sites excluding steroid dienone is 4. The van der Waals surface area contributed by atoms with E-state index in [1.54, 1.807) is 6.08 Å². The van der Waals surface area contributed by atoms with Crippen molar-refractivity contribution in [3.05, 3.63) is 188 Å². The van der Waals surface area contributed by atoms with Gasteiger partial charge in [-0.2, -0.15) is 0 Å². The summed E-state index contributed by atoms with van der Waals surface area (Å²) in [7, 11) is 0. The maximum atomic E-state index is 6.91. The van der Waals surface area contributed by atoms with Crippen LogP contribution in [0.15, 0.2) is 187 Å². The van der Waals surface area contributed by atoms with Crippen molar-refractivity contribution in [2.75, 3.05) is 0 Å². The second kappa shape index (κ2) is 14.8. The van der Waals surface area contributed by atoms with Crippen LogP contribution < -0.4 is 0 Å². The summed E-state index contributed by atoms with van der Waals surface area (Å²) < 4.78 is 6.91. The number of hydrogen-bond donors (Lipinski definition) is 0. The summed E-state index contributed by atoms with van der Waals surface area (Å²) in [6.07, 6.45) is 9.20. The molecule has 0 amide bonds. The summed E-state index contributed by atoms with van der Waals surface area (Å²) in [4.78, 5) is 30.0. The van der Waals surface area contributed by atoms with Crippen LogP contribution in [-0.4, -0.2) is 29.9 Å². The summed E-state index contributed by atoms with van der Waals surface area (Å²) >= 11 is 0. The number of fused-ring (bicyclic) bond motifs is 3. The number of nitrogens with zero attached hydrogens (tertiary/aromatic N) is 6. The van der Waals surface area contributed by atoms with E-state index in [1.165, 1.54) is 0 Å². The Hall–Kier alpha value is -7.64. The highest BCUT2D eigenvalue weighted by Gasteiger charge is 2.22. The fourth-order valence-electron chi connectivity index (χ4n) is 6.57. The van der Waals surface area contributed by atoms with Crippen LogP contribution in [0, 0.1) is 0 Å². The number of furan rings is 1. The third-order valence-corrected chi connectivity index (χ3v) is 9.17. The fraction of sp³-hybridized carbons (Fsp3) is 0. The molecule has 0 aliphatic rings. The van der Waals surface area contributed by atoms with Crippen molar-refractivity contribution in [2.24, 2.45) is 0 Å². The molecule has 0 bridgehead atoms. The first kappa shape index (κ1) is 33.2. The summed E-state index contributed by atoms with van der Waals surface area (Å²) in [6, 6.07) is 50.4. The topological polar surface area (TPSA) is 90.5 Å². The van der Waals surface area contributed by atoms with Gasteiger partial charge in [-0.1, -0.05) is 170 Å². The predicted octanol–water partition coefficient (Wildman–Crippen LogP) is 11.7. The number of hydrogen-bond acceptors (Lipinski definition) is 7. The van der Waals surface area contributed by atoms with E-state index in [9.17, 15) is 0 Å². The molecular weight excluding hydrogens is 677 g/mol. The van der Waals surface area contributed by atoms with E-state index in [4.69, 9.17) is 34.3 Å². The van der Waals surface area contributed by atoms with Crippen LogP contribution in [0.25, 0.3) is 96.1 Å². The van der Waals surface area contributed by atoms with Crippen LogP contribution in [0.5, 0.6) is 0 Å². The van der Waals surface area contributed by atoms with Gasteiger partial charge in [-0.05, 0) is 23.8 Å². The number of rotatable bonds is 9. The average molecular weight is 709 g/mol. The lowest BCUT2D eigenvalue weighted by molar-refractivity contribution is 0.670. The fourth-order valence-corrected chi connectivity index (χ4v) is 6.57. The van der Waals surface area contributed by atoms with Gasteiger partial charge in [0.1, 0.15) is 11.2 Å². The first-order chi connectivity index (χ1) is 27.2. The Morgan fingerprint density at radius 1 is 0.382 bits per heavy atom. The van der Waals surface area contributed by atoms with Gasteiger partial charge in [0.25, 0.3) is 0 Å². The second-order valence-corrected chi connectivity index (χ2v) is 12.8. The molecule has 0 saturated carbocycles. The molecule has 0 radical (unpaired) electrons. The molecule has 9 rings (SSSR count). The molecule has 0 aliphatic heterocycles. The molecule has 9 aromatic rings. The lowest BCUT2D eigenvalue weighted by atomic mass is 10.00. The van der Waals surface area contributed by atoms with Gasteiger partial charge in [-0.15, -0.1) is 0 Å². The minimum absolute atomic E-state index is 0.453. The molecule has 3 heterocycles. The van der Waals surface area contributed by atoms with Crippen LogP contribution in [0.1, 0.15) is 5.82 Å².